The SMILES string of the molecule is O=C(Nc1cccc(Cn2nc3ccccn3c2=O)c1)c1cc(Cl)nc2ccccc12. The van der Waals surface area contributed by atoms with E-state index in [1.54, 1.807) is 30.5 Å². The third-order valence-electron chi connectivity index (χ3n) is 4.94. The Labute approximate surface area is 181 Å². The van der Waals surface area contributed by atoms with Gasteiger partial charge in [-0.15, -0.1) is 5.10 Å². The summed E-state index contributed by atoms with van der Waals surface area (Å²) < 4.78 is 2.89. The second-order valence-corrected chi connectivity index (χ2v) is 7.42. The van der Waals surface area contributed by atoms with Gasteiger partial charge >= 0.3 is 5.69 Å². The van der Waals surface area contributed by atoms with Gasteiger partial charge in [0.1, 0.15) is 5.15 Å². The van der Waals surface area contributed by atoms with Crippen LogP contribution < -0.4 is 11.0 Å². The van der Waals surface area contributed by atoms with Crippen LogP contribution in [-0.2, 0) is 6.54 Å². The largest absolute Gasteiger partial charge is 0.350 e. The van der Waals surface area contributed by atoms with Crippen LogP contribution in [-0.4, -0.2) is 25.1 Å². The van der Waals surface area contributed by atoms with Crippen molar-refractivity contribution < 1.29 is 4.79 Å². The lowest BCUT2D eigenvalue weighted by Crippen LogP contribution is -2.21. The number of hydrogen-bond donors (Lipinski definition) is 1. The van der Waals surface area contributed by atoms with Crippen molar-refractivity contribution in [1.82, 2.24) is 19.2 Å². The Morgan fingerprint density at radius 3 is 2.71 bits per heavy atom. The Morgan fingerprint density at radius 1 is 1.00 bits per heavy atom. The average Bonchev–Trinajstić information content (AvgIpc) is 3.09. The second-order valence-electron chi connectivity index (χ2n) is 7.03. The van der Waals surface area contributed by atoms with Crippen LogP contribution in [0.3, 0.4) is 0 Å². The van der Waals surface area contributed by atoms with Crippen molar-refractivity contribution in [2.75, 3.05) is 5.32 Å². The predicted octanol–water partition coefficient (Wildman–Crippen LogP) is 4.00. The van der Waals surface area contributed by atoms with E-state index in [4.69, 9.17) is 11.6 Å². The molecule has 31 heavy (non-hydrogen) atoms. The third kappa shape index (κ3) is 3.67. The summed E-state index contributed by atoms with van der Waals surface area (Å²) in [5, 5.41) is 8.23. The van der Waals surface area contributed by atoms with Crippen LogP contribution >= 0.6 is 11.6 Å². The molecule has 5 aromatic rings. The Balaban J connectivity index is 1.43. The molecular weight excluding hydrogens is 414 g/mol. The van der Waals surface area contributed by atoms with Gasteiger partial charge in [0, 0.05) is 17.3 Å². The fourth-order valence-corrected chi connectivity index (χ4v) is 3.72. The standard InChI is InChI=1S/C23H16ClN5O2/c24-20-13-18(17-8-1-2-9-19(17)26-20)22(30)25-16-7-5-6-15(12-16)14-29-23(31)28-11-4-3-10-21(28)27-29/h1-13H,14H2,(H,25,30). The van der Waals surface area contributed by atoms with Gasteiger partial charge in [0.2, 0.25) is 0 Å². The topological polar surface area (TPSA) is 81.3 Å². The predicted molar refractivity (Wildman–Crippen MR) is 120 cm³/mol. The summed E-state index contributed by atoms with van der Waals surface area (Å²) in [4.78, 5) is 29.7. The minimum Gasteiger partial charge on any atom is -0.322 e. The lowest BCUT2D eigenvalue weighted by molar-refractivity contribution is 0.102. The van der Waals surface area contributed by atoms with Gasteiger partial charge in [0.15, 0.2) is 5.65 Å². The van der Waals surface area contributed by atoms with Crippen molar-refractivity contribution >= 4 is 39.7 Å². The number of fused-ring (bicyclic) bond motifs is 2. The Morgan fingerprint density at radius 2 is 1.84 bits per heavy atom. The van der Waals surface area contributed by atoms with E-state index in [-0.39, 0.29) is 23.3 Å². The van der Waals surface area contributed by atoms with E-state index in [1.165, 1.54) is 9.08 Å². The fourth-order valence-electron chi connectivity index (χ4n) is 3.52. The van der Waals surface area contributed by atoms with Crippen molar-refractivity contribution in [2.45, 2.75) is 6.54 Å². The summed E-state index contributed by atoms with van der Waals surface area (Å²) in [5.74, 6) is -0.289. The highest BCUT2D eigenvalue weighted by atomic mass is 35.5. The molecular formula is C23H16ClN5O2. The number of anilines is 1. The van der Waals surface area contributed by atoms with Gasteiger partial charge in [0.05, 0.1) is 17.6 Å². The summed E-state index contributed by atoms with van der Waals surface area (Å²) in [6.07, 6.45) is 1.68. The highest BCUT2D eigenvalue weighted by Crippen LogP contribution is 2.22. The lowest BCUT2D eigenvalue weighted by atomic mass is 10.1. The Hall–Kier alpha value is -3.97. The quantitative estimate of drug-likeness (QED) is 0.438. The minimum atomic E-state index is -0.289. The van der Waals surface area contributed by atoms with Gasteiger partial charge < -0.3 is 5.32 Å². The minimum absolute atomic E-state index is 0.220. The maximum Gasteiger partial charge on any atom is 0.350 e. The van der Waals surface area contributed by atoms with Crippen molar-refractivity contribution in [3.63, 3.8) is 0 Å². The summed E-state index contributed by atoms with van der Waals surface area (Å²) >= 11 is 6.10. The molecule has 3 aromatic heterocycles. The molecule has 0 radical (unpaired) electrons. The normalized spacial score (nSPS) is 11.1. The first-order chi connectivity index (χ1) is 15.1. The summed E-state index contributed by atoms with van der Waals surface area (Å²) in [6.45, 7) is 0.286. The number of hydrogen-bond acceptors (Lipinski definition) is 4. The smallest absolute Gasteiger partial charge is 0.322 e. The molecule has 152 valence electrons. The highest BCUT2D eigenvalue weighted by molar-refractivity contribution is 6.30. The van der Waals surface area contributed by atoms with Crippen molar-refractivity contribution in [2.24, 2.45) is 0 Å². The number of nitrogens with one attached hydrogen (secondary N) is 1. The monoisotopic (exact) mass is 429 g/mol. The molecule has 0 unspecified atom stereocenters. The van der Waals surface area contributed by atoms with Gasteiger partial charge in [-0.2, -0.15) is 0 Å². The number of carbonyl (C=O) groups is 1. The Bertz CT molecular complexity index is 1510. The number of carbonyl (C=O) groups excluding carboxylic acids is 1. The van der Waals surface area contributed by atoms with Gasteiger partial charge in [0.25, 0.3) is 5.91 Å². The molecule has 5 rings (SSSR count). The molecule has 1 amide bonds. The van der Waals surface area contributed by atoms with Crippen LogP contribution in [0.15, 0.2) is 83.8 Å². The van der Waals surface area contributed by atoms with Crippen LogP contribution in [0.5, 0.6) is 0 Å². The first-order valence-electron chi connectivity index (χ1n) is 9.58. The van der Waals surface area contributed by atoms with Crippen LogP contribution in [0, 0.1) is 0 Å². The van der Waals surface area contributed by atoms with Gasteiger partial charge in [-0.3, -0.25) is 9.20 Å². The zero-order valence-electron chi connectivity index (χ0n) is 16.2. The molecule has 0 saturated heterocycles. The van der Waals surface area contributed by atoms with E-state index in [9.17, 15) is 9.59 Å². The van der Waals surface area contributed by atoms with Gasteiger partial charge in [-0.1, -0.05) is 48.0 Å². The van der Waals surface area contributed by atoms with E-state index in [0.29, 0.717) is 22.4 Å². The zero-order chi connectivity index (χ0) is 21.4. The van der Waals surface area contributed by atoms with Gasteiger partial charge in [-0.25, -0.2) is 14.5 Å². The molecule has 1 N–H and O–H groups in total. The van der Waals surface area contributed by atoms with Crippen molar-refractivity contribution in [3.8, 4) is 0 Å². The number of para-hydroxylation sites is 1. The fraction of sp³-hybridized carbons (Fsp3) is 0.0435. The molecule has 2 aromatic carbocycles. The molecule has 0 bridgehead atoms. The third-order valence-corrected chi connectivity index (χ3v) is 5.13. The van der Waals surface area contributed by atoms with E-state index in [1.807, 2.05) is 48.5 Å². The van der Waals surface area contributed by atoms with E-state index in [0.717, 1.165) is 10.9 Å². The van der Waals surface area contributed by atoms with Crippen molar-refractivity contribution in [3.05, 3.63) is 106 Å². The number of benzene rings is 2. The molecule has 8 heteroatoms. The van der Waals surface area contributed by atoms with Gasteiger partial charge in [-0.05, 0) is 42.0 Å². The molecule has 0 atom stereocenters. The summed E-state index contributed by atoms with van der Waals surface area (Å²) in [5.41, 5.74) is 2.90. The van der Waals surface area contributed by atoms with Crippen molar-refractivity contribution in [1.29, 1.82) is 0 Å². The van der Waals surface area contributed by atoms with Crippen LogP contribution in [0.25, 0.3) is 16.6 Å². The summed E-state index contributed by atoms with van der Waals surface area (Å²) in [7, 11) is 0. The zero-order valence-corrected chi connectivity index (χ0v) is 17.0. The molecule has 0 fully saturated rings. The number of amides is 1. The van der Waals surface area contributed by atoms with E-state index in [2.05, 4.69) is 15.4 Å². The van der Waals surface area contributed by atoms with Crippen LogP contribution in [0.2, 0.25) is 5.15 Å². The average molecular weight is 430 g/mol. The maximum atomic E-state index is 13.0. The lowest BCUT2D eigenvalue weighted by Gasteiger charge is -2.10. The molecule has 0 aliphatic carbocycles. The number of nitrogens with zero attached hydrogens (tertiary/aromatic N) is 4. The molecule has 7 nitrogen and oxygen atoms in total. The number of rotatable bonds is 4. The number of halogens is 1. The molecule has 0 aliphatic heterocycles. The second kappa shape index (κ2) is 7.70. The van der Waals surface area contributed by atoms with Crippen LogP contribution in [0.1, 0.15) is 15.9 Å². The van der Waals surface area contributed by atoms with E-state index < -0.39 is 0 Å². The summed E-state index contributed by atoms with van der Waals surface area (Å²) in [6, 6.07) is 21.6. The molecule has 3 heterocycles. The molecule has 0 aliphatic rings. The highest BCUT2D eigenvalue weighted by Gasteiger charge is 2.13. The Kier molecular flexibility index (Phi) is 4.72. The van der Waals surface area contributed by atoms with Crippen LogP contribution in [0.4, 0.5) is 5.69 Å². The molecule has 0 spiro atoms. The van der Waals surface area contributed by atoms with E-state index >= 15 is 0 Å². The first kappa shape index (κ1) is 19.0. The number of aromatic nitrogens is 4. The first-order valence-corrected chi connectivity index (χ1v) is 9.96. The number of pyridine rings is 2. The molecule has 0 saturated carbocycles. The maximum absolute atomic E-state index is 13.0.